The third-order valence-electron chi connectivity index (χ3n) is 2.05. The van der Waals surface area contributed by atoms with E-state index in [9.17, 15) is 8.78 Å². The molecular formula is C11H8BrF2N3. The molecule has 3 nitrogen and oxygen atoms in total. The SMILES string of the molecule is Nc1cncc(Nc2cc(Br)c(F)cc2F)c1. The van der Waals surface area contributed by atoms with Gasteiger partial charge in [0, 0.05) is 12.3 Å². The smallest absolute Gasteiger partial charge is 0.149 e. The van der Waals surface area contributed by atoms with Crippen LogP contribution in [0.1, 0.15) is 0 Å². The lowest BCUT2D eigenvalue weighted by atomic mass is 10.2. The number of benzene rings is 1. The third-order valence-corrected chi connectivity index (χ3v) is 2.66. The number of hydrogen-bond donors (Lipinski definition) is 2. The molecule has 88 valence electrons. The van der Waals surface area contributed by atoms with Gasteiger partial charge in [0.25, 0.3) is 0 Å². The third kappa shape index (κ3) is 2.71. The van der Waals surface area contributed by atoms with E-state index in [1.54, 1.807) is 6.07 Å². The van der Waals surface area contributed by atoms with Crippen LogP contribution in [-0.2, 0) is 0 Å². The van der Waals surface area contributed by atoms with Gasteiger partial charge in [0.1, 0.15) is 11.6 Å². The molecule has 2 aromatic rings. The zero-order valence-corrected chi connectivity index (χ0v) is 10.1. The highest BCUT2D eigenvalue weighted by Crippen LogP contribution is 2.26. The van der Waals surface area contributed by atoms with Crippen LogP contribution in [0.3, 0.4) is 0 Å². The summed E-state index contributed by atoms with van der Waals surface area (Å²) < 4.78 is 26.6. The molecule has 0 amide bonds. The molecule has 0 fully saturated rings. The van der Waals surface area contributed by atoms with Gasteiger partial charge in [-0.3, -0.25) is 4.98 Å². The van der Waals surface area contributed by atoms with Crippen molar-refractivity contribution in [2.45, 2.75) is 0 Å². The minimum absolute atomic E-state index is 0.144. The Hall–Kier alpha value is -1.69. The average Bonchev–Trinajstić information content (AvgIpc) is 2.26. The summed E-state index contributed by atoms with van der Waals surface area (Å²) >= 11 is 2.99. The van der Waals surface area contributed by atoms with Gasteiger partial charge in [-0.05, 0) is 28.1 Å². The number of nitrogen functional groups attached to an aromatic ring is 1. The molecule has 0 bridgehead atoms. The molecule has 0 aliphatic rings. The number of nitrogens with zero attached hydrogens (tertiary/aromatic N) is 1. The van der Waals surface area contributed by atoms with Crippen LogP contribution in [0.5, 0.6) is 0 Å². The molecule has 0 aliphatic carbocycles. The Labute approximate surface area is 105 Å². The molecule has 0 atom stereocenters. The lowest BCUT2D eigenvalue weighted by molar-refractivity contribution is 0.581. The van der Waals surface area contributed by atoms with E-state index in [0.717, 1.165) is 6.07 Å². The van der Waals surface area contributed by atoms with Gasteiger partial charge in [0.05, 0.1) is 27.7 Å². The maximum atomic E-state index is 13.4. The fourth-order valence-electron chi connectivity index (χ4n) is 1.30. The molecular weight excluding hydrogens is 292 g/mol. The number of halogens is 3. The van der Waals surface area contributed by atoms with Crippen molar-refractivity contribution >= 4 is 33.0 Å². The molecule has 0 unspecified atom stereocenters. The molecule has 0 radical (unpaired) electrons. The topological polar surface area (TPSA) is 50.9 Å². The van der Waals surface area contributed by atoms with Crippen molar-refractivity contribution < 1.29 is 8.78 Å². The Kier molecular flexibility index (Phi) is 3.23. The van der Waals surface area contributed by atoms with Crippen molar-refractivity contribution in [2.75, 3.05) is 11.1 Å². The Balaban J connectivity index is 2.33. The standard InChI is InChI=1S/C11H8BrF2N3/c12-8-2-11(10(14)3-9(8)13)17-7-1-6(15)4-16-5-7/h1-5,17H,15H2. The van der Waals surface area contributed by atoms with Crippen LogP contribution < -0.4 is 11.1 Å². The van der Waals surface area contributed by atoms with E-state index in [-0.39, 0.29) is 10.2 Å². The first-order valence-electron chi connectivity index (χ1n) is 4.68. The van der Waals surface area contributed by atoms with E-state index >= 15 is 0 Å². The Bertz CT molecular complexity index is 560. The van der Waals surface area contributed by atoms with Crippen molar-refractivity contribution in [3.8, 4) is 0 Å². The number of aromatic nitrogens is 1. The number of anilines is 3. The van der Waals surface area contributed by atoms with Crippen molar-refractivity contribution in [3.05, 3.63) is 46.7 Å². The fourth-order valence-corrected chi connectivity index (χ4v) is 1.64. The second-order valence-electron chi connectivity index (χ2n) is 3.38. The first kappa shape index (κ1) is 11.8. The minimum Gasteiger partial charge on any atom is -0.397 e. The van der Waals surface area contributed by atoms with Crippen LogP contribution >= 0.6 is 15.9 Å². The Morgan fingerprint density at radius 2 is 1.88 bits per heavy atom. The van der Waals surface area contributed by atoms with Crippen molar-refractivity contribution in [1.82, 2.24) is 4.98 Å². The Morgan fingerprint density at radius 1 is 1.12 bits per heavy atom. The van der Waals surface area contributed by atoms with Gasteiger partial charge in [-0.2, -0.15) is 0 Å². The van der Waals surface area contributed by atoms with Crippen LogP contribution in [-0.4, -0.2) is 4.98 Å². The van der Waals surface area contributed by atoms with Crippen LogP contribution in [0.15, 0.2) is 35.1 Å². The summed E-state index contributed by atoms with van der Waals surface area (Å²) in [6.07, 6.45) is 2.97. The Morgan fingerprint density at radius 3 is 2.59 bits per heavy atom. The van der Waals surface area contributed by atoms with Gasteiger partial charge in [0.15, 0.2) is 0 Å². The minimum atomic E-state index is -0.687. The van der Waals surface area contributed by atoms with E-state index in [2.05, 4.69) is 26.2 Å². The summed E-state index contributed by atoms with van der Waals surface area (Å²) in [6, 6.07) is 3.71. The fraction of sp³-hybridized carbons (Fsp3) is 0. The zero-order chi connectivity index (χ0) is 12.4. The monoisotopic (exact) mass is 299 g/mol. The molecule has 0 spiro atoms. The molecule has 1 heterocycles. The summed E-state index contributed by atoms with van der Waals surface area (Å²) in [5.74, 6) is -1.34. The number of rotatable bonds is 2. The average molecular weight is 300 g/mol. The summed E-state index contributed by atoms with van der Waals surface area (Å²) in [7, 11) is 0. The van der Waals surface area contributed by atoms with E-state index < -0.39 is 11.6 Å². The van der Waals surface area contributed by atoms with Crippen LogP contribution in [0, 0.1) is 11.6 Å². The number of pyridine rings is 1. The maximum Gasteiger partial charge on any atom is 0.149 e. The normalized spacial score (nSPS) is 10.3. The van der Waals surface area contributed by atoms with Crippen molar-refractivity contribution in [3.63, 3.8) is 0 Å². The van der Waals surface area contributed by atoms with Crippen LogP contribution in [0.25, 0.3) is 0 Å². The predicted molar refractivity (Wildman–Crippen MR) is 66.0 cm³/mol. The largest absolute Gasteiger partial charge is 0.397 e. The zero-order valence-electron chi connectivity index (χ0n) is 8.55. The maximum absolute atomic E-state index is 13.4. The lowest BCUT2D eigenvalue weighted by Crippen LogP contribution is -1.97. The van der Waals surface area contributed by atoms with E-state index in [1.165, 1.54) is 18.5 Å². The van der Waals surface area contributed by atoms with Gasteiger partial charge in [-0.25, -0.2) is 8.78 Å². The predicted octanol–water partition coefficient (Wildman–Crippen LogP) is 3.45. The summed E-state index contributed by atoms with van der Waals surface area (Å²) in [5, 5.41) is 2.77. The number of nitrogens with one attached hydrogen (secondary N) is 1. The summed E-state index contributed by atoms with van der Waals surface area (Å²) in [5.41, 5.74) is 6.67. The summed E-state index contributed by atoms with van der Waals surface area (Å²) in [4.78, 5) is 3.85. The van der Waals surface area contributed by atoms with E-state index in [0.29, 0.717) is 11.4 Å². The second kappa shape index (κ2) is 4.67. The van der Waals surface area contributed by atoms with Gasteiger partial charge >= 0.3 is 0 Å². The first-order valence-corrected chi connectivity index (χ1v) is 5.47. The highest BCUT2D eigenvalue weighted by molar-refractivity contribution is 9.10. The van der Waals surface area contributed by atoms with Crippen LogP contribution in [0.2, 0.25) is 0 Å². The molecule has 1 aromatic heterocycles. The van der Waals surface area contributed by atoms with Gasteiger partial charge in [-0.1, -0.05) is 0 Å². The number of nitrogens with two attached hydrogens (primary N) is 1. The highest BCUT2D eigenvalue weighted by atomic mass is 79.9. The van der Waals surface area contributed by atoms with Gasteiger partial charge in [0.2, 0.25) is 0 Å². The number of hydrogen-bond acceptors (Lipinski definition) is 3. The summed E-state index contributed by atoms with van der Waals surface area (Å²) in [6.45, 7) is 0. The molecule has 0 saturated heterocycles. The molecule has 0 aliphatic heterocycles. The van der Waals surface area contributed by atoms with Crippen molar-refractivity contribution in [2.24, 2.45) is 0 Å². The molecule has 17 heavy (non-hydrogen) atoms. The highest BCUT2D eigenvalue weighted by Gasteiger charge is 2.08. The van der Waals surface area contributed by atoms with Crippen molar-refractivity contribution in [1.29, 1.82) is 0 Å². The quantitative estimate of drug-likeness (QED) is 0.835. The van der Waals surface area contributed by atoms with Gasteiger partial charge in [-0.15, -0.1) is 0 Å². The van der Waals surface area contributed by atoms with E-state index in [1.807, 2.05) is 0 Å². The first-order chi connectivity index (χ1) is 8.06. The molecule has 2 rings (SSSR count). The molecule has 1 aromatic carbocycles. The molecule has 3 N–H and O–H groups in total. The van der Waals surface area contributed by atoms with Crippen LogP contribution in [0.4, 0.5) is 25.8 Å². The molecule has 0 saturated carbocycles. The van der Waals surface area contributed by atoms with E-state index in [4.69, 9.17) is 5.73 Å². The second-order valence-corrected chi connectivity index (χ2v) is 4.23. The van der Waals surface area contributed by atoms with Gasteiger partial charge < -0.3 is 11.1 Å². The molecule has 6 heteroatoms. The lowest BCUT2D eigenvalue weighted by Gasteiger charge is -2.08.